The van der Waals surface area contributed by atoms with Crippen LogP contribution in [0, 0.1) is 0 Å². The molecule has 4 nitrogen and oxygen atoms in total. The maximum atomic E-state index is 11.8. The first kappa shape index (κ1) is 15.2. The number of benzene rings is 1. The molecule has 0 radical (unpaired) electrons. The molecule has 1 aromatic carbocycles. The Morgan fingerprint density at radius 1 is 1.16 bits per heavy atom. The molecule has 4 heteroatoms. The van der Waals surface area contributed by atoms with E-state index in [9.17, 15) is 9.59 Å². The molecule has 1 rings (SSSR count). The SMILES string of the molecule is COC(=O)C(CC(=O)OC(C)(C)C)c1ccccc1. The third-order valence-corrected chi connectivity index (χ3v) is 2.48. The normalized spacial score (nSPS) is 12.6. The second-order valence-corrected chi connectivity index (χ2v) is 5.28. The van der Waals surface area contributed by atoms with Crippen molar-refractivity contribution >= 4 is 11.9 Å². The Bertz CT molecular complexity index is 431. The largest absolute Gasteiger partial charge is 0.469 e. The van der Waals surface area contributed by atoms with Crippen LogP contribution in [0.3, 0.4) is 0 Å². The molecular weight excluding hydrogens is 244 g/mol. The van der Waals surface area contributed by atoms with E-state index in [1.807, 2.05) is 18.2 Å². The first-order valence-corrected chi connectivity index (χ1v) is 6.18. The maximum Gasteiger partial charge on any atom is 0.313 e. The number of rotatable bonds is 4. The third kappa shape index (κ3) is 5.12. The Kier molecular flexibility index (Phi) is 5.10. The molecule has 1 atom stereocenters. The van der Waals surface area contributed by atoms with Crippen LogP contribution < -0.4 is 0 Å². The molecule has 1 aromatic rings. The average molecular weight is 264 g/mol. The number of esters is 2. The number of hydrogen-bond donors (Lipinski definition) is 0. The lowest BCUT2D eigenvalue weighted by molar-refractivity contribution is -0.158. The zero-order valence-electron chi connectivity index (χ0n) is 11.8. The van der Waals surface area contributed by atoms with Gasteiger partial charge in [0.2, 0.25) is 0 Å². The molecule has 0 aliphatic rings. The van der Waals surface area contributed by atoms with Crippen LogP contribution in [-0.4, -0.2) is 24.6 Å². The quantitative estimate of drug-likeness (QED) is 0.784. The molecule has 0 N–H and O–H groups in total. The fourth-order valence-electron chi connectivity index (χ4n) is 1.71. The van der Waals surface area contributed by atoms with E-state index >= 15 is 0 Å². The molecule has 0 saturated heterocycles. The van der Waals surface area contributed by atoms with Crippen molar-refractivity contribution in [2.75, 3.05) is 7.11 Å². The summed E-state index contributed by atoms with van der Waals surface area (Å²) in [6.07, 6.45) is -0.0199. The summed E-state index contributed by atoms with van der Waals surface area (Å²) >= 11 is 0. The Hall–Kier alpha value is -1.84. The van der Waals surface area contributed by atoms with E-state index in [-0.39, 0.29) is 6.42 Å². The van der Waals surface area contributed by atoms with Crippen molar-refractivity contribution in [3.63, 3.8) is 0 Å². The van der Waals surface area contributed by atoms with Crippen LogP contribution in [0.25, 0.3) is 0 Å². The third-order valence-electron chi connectivity index (χ3n) is 2.48. The number of carbonyl (C=O) groups excluding carboxylic acids is 2. The molecule has 0 fully saturated rings. The molecule has 0 aromatic heterocycles. The molecular formula is C15H20O4. The second kappa shape index (κ2) is 6.36. The minimum absolute atomic E-state index is 0.0199. The number of hydrogen-bond acceptors (Lipinski definition) is 4. The highest BCUT2D eigenvalue weighted by Crippen LogP contribution is 2.23. The lowest BCUT2D eigenvalue weighted by Crippen LogP contribution is -2.27. The summed E-state index contributed by atoms with van der Waals surface area (Å²) in [5, 5.41) is 0. The zero-order valence-corrected chi connectivity index (χ0v) is 11.8. The smallest absolute Gasteiger partial charge is 0.313 e. The Morgan fingerprint density at radius 3 is 2.21 bits per heavy atom. The molecule has 0 bridgehead atoms. The fraction of sp³-hybridized carbons (Fsp3) is 0.467. The van der Waals surface area contributed by atoms with Crippen molar-refractivity contribution in [1.29, 1.82) is 0 Å². The highest BCUT2D eigenvalue weighted by molar-refractivity contribution is 5.84. The number of ether oxygens (including phenoxy) is 2. The van der Waals surface area contributed by atoms with Crippen molar-refractivity contribution < 1.29 is 19.1 Å². The lowest BCUT2D eigenvalue weighted by Gasteiger charge is -2.21. The molecule has 0 saturated carbocycles. The Balaban J connectivity index is 2.83. The predicted molar refractivity (Wildman–Crippen MR) is 71.7 cm³/mol. The van der Waals surface area contributed by atoms with E-state index in [1.165, 1.54) is 7.11 Å². The van der Waals surface area contributed by atoms with Crippen LogP contribution in [0.15, 0.2) is 30.3 Å². The molecule has 0 spiro atoms. The molecule has 19 heavy (non-hydrogen) atoms. The Morgan fingerprint density at radius 2 is 1.74 bits per heavy atom. The van der Waals surface area contributed by atoms with E-state index in [2.05, 4.69) is 0 Å². The van der Waals surface area contributed by atoms with Crippen LogP contribution in [0.5, 0.6) is 0 Å². The van der Waals surface area contributed by atoms with Crippen LogP contribution in [0.2, 0.25) is 0 Å². The van der Waals surface area contributed by atoms with Crippen LogP contribution in [-0.2, 0) is 19.1 Å². The van der Waals surface area contributed by atoms with Crippen molar-refractivity contribution in [3.8, 4) is 0 Å². The molecule has 0 amide bonds. The van der Waals surface area contributed by atoms with Gasteiger partial charge in [0, 0.05) is 0 Å². The summed E-state index contributed by atoms with van der Waals surface area (Å²) in [5.41, 5.74) is 0.189. The second-order valence-electron chi connectivity index (χ2n) is 5.28. The van der Waals surface area contributed by atoms with Crippen molar-refractivity contribution in [1.82, 2.24) is 0 Å². The maximum absolute atomic E-state index is 11.8. The highest BCUT2D eigenvalue weighted by Gasteiger charge is 2.27. The number of carbonyl (C=O) groups is 2. The first-order valence-electron chi connectivity index (χ1n) is 6.18. The number of methoxy groups -OCH3 is 1. The van der Waals surface area contributed by atoms with Gasteiger partial charge in [-0.25, -0.2) is 0 Å². The topological polar surface area (TPSA) is 52.6 Å². The zero-order chi connectivity index (χ0) is 14.5. The fourth-order valence-corrected chi connectivity index (χ4v) is 1.71. The van der Waals surface area contributed by atoms with E-state index < -0.39 is 23.5 Å². The molecule has 0 aliphatic heterocycles. The van der Waals surface area contributed by atoms with Crippen LogP contribution >= 0.6 is 0 Å². The molecule has 0 heterocycles. The first-order chi connectivity index (χ1) is 8.83. The van der Waals surface area contributed by atoms with Crippen LogP contribution in [0.4, 0.5) is 0 Å². The van der Waals surface area contributed by atoms with Gasteiger partial charge in [0.25, 0.3) is 0 Å². The highest BCUT2D eigenvalue weighted by atomic mass is 16.6. The van der Waals surface area contributed by atoms with Gasteiger partial charge >= 0.3 is 11.9 Å². The van der Waals surface area contributed by atoms with Gasteiger partial charge in [-0.05, 0) is 26.3 Å². The van der Waals surface area contributed by atoms with Crippen LogP contribution in [0.1, 0.15) is 38.7 Å². The van der Waals surface area contributed by atoms with E-state index in [0.717, 1.165) is 5.56 Å². The van der Waals surface area contributed by atoms with Gasteiger partial charge < -0.3 is 9.47 Å². The van der Waals surface area contributed by atoms with Gasteiger partial charge in [0.1, 0.15) is 5.60 Å². The van der Waals surface area contributed by atoms with E-state index in [0.29, 0.717) is 0 Å². The molecule has 0 aliphatic carbocycles. The monoisotopic (exact) mass is 264 g/mol. The van der Waals surface area contributed by atoms with Crippen molar-refractivity contribution in [2.45, 2.75) is 38.7 Å². The summed E-state index contributed by atoms with van der Waals surface area (Å²) in [6.45, 7) is 5.38. The van der Waals surface area contributed by atoms with Gasteiger partial charge in [0.05, 0.1) is 19.4 Å². The molecule has 1 unspecified atom stereocenters. The van der Waals surface area contributed by atoms with Crippen molar-refractivity contribution in [3.05, 3.63) is 35.9 Å². The van der Waals surface area contributed by atoms with Gasteiger partial charge in [-0.1, -0.05) is 30.3 Å². The summed E-state index contributed by atoms with van der Waals surface area (Å²) in [6, 6.07) is 9.09. The molecule has 104 valence electrons. The van der Waals surface area contributed by atoms with Gasteiger partial charge in [-0.3, -0.25) is 9.59 Å². The van der Waals surface area contributed by atoms with E-state index in [1.54, 1.807) is 32.9 Å². The summed E-state index contributed by atoms with van der Waals surface area (Å²) in [4.78, 5) is 23.6. The standard InChI is InChI=1S/C15H20O4/c1-15(2,3)19-13(16)10-12(14(17)18-4)11-8-6-5-7-9-11/h5-9,12H,10H2,1-4H3. The summed E-state index contributed by atoms with van der Waals surface area (Å²) in [7, 11) is 1.31. The lowest BCUT2D eigenvalue weighted by atomic mass is 9.96. The predicted octanol–water partition coefficient (Wildman–Crippen LogP) is 2.68. The van der Waals surface area contributed by atoms with E-state index in [4.69, 9.17) is 9.47 Å². The average Bonchev–Trinajstić information content (AvgIpc) is 2.34. The van der Waals surface area contributed by atoms with Gasteiger partial charge in [0.15, 0.2) is 0 Å². The van der Waals surface area contributed by atoms with Crippen molar-refractivity contribution in [2.24, 2.45) is 0 Å². The minimum atomic E-state index is -0.624. The van der Waals surface area contributed by atoms with Gasteiger partial charge in [-0.2, -0.15) is 0 Å². The summed E-state index contributed by atoms with van der Waals surface area (Å²) < 4.78 is 9.99. The minimum Gasteiger partial charge on any atom is -0.469 e. The van der Waals surface area contributed by atoms with Gasteiger partial charge in [-0.15, -0.1) is 0 Å². The Labute approximate surface area is 113 Å². The summed E-state index contributed by atoms with van der Waals surface area (Å²) in [5.74, 6) is -1.47.